The van der Waals surface area contributed by atoms with E-state index in [0.29, 0.717) is 5.04 Å². The van der Waals surface area contributed by atoms with Gasteiger partial charge in [0.1, 0.15) is 0 Å². The van der Waals surface area contributed by atoms with Crippen molar-refractivity contribution in [1.29, 1.82) is 0 Å². The summed E-state index contributed by atoms with van der Waals surface area (Å²) < 4.78 is 3.31. The summed E-state index contributed by atoms with van der Waals surface area (Å²) in [5.74, 6) is 0. The second kappa shape index (κ2) is 8.41. The van der Waals surface area contributed by atoms with Gasteiger partial charge in [0, 0.05) is 0 Å². The van der Waals surface area contributed by atoms with Crippen LogP contribution in [0.3, 0.4) is 0 Å². The van der Waals surface area contributed by atoms with Crippen LogP contribution in [-0.2, 0) is 19.2 Å². The summed E-state index contributed by atoms with van der Waals surface area (Å²) in [6, 6.07) is 6.62. The van der Waals surface area contributed by atoms with Crippen LogP contribution < -0.4 is 28.8 Å². The molecule has 140 valence electrons. The second-order valence-corrected chi connectivity index (χ2v) is 13.3. The predicted octanol–water partition coefficient (Wildman–Crippen LogP) is -0.628. The zero-order valence-electron chi connectivity index (χ0n) is 17.1. The predicted molar refractivity (Wildman–Crippen MR) is 106 cm³/mol. The van der Waals surface area contributed by atoms with E-state index in [4.69, 9.17) is 0 Å². The van der Waals surface area contributed by atoms with E-state index in [1.807, 2.05) is 0 Å². The molecule has 1 aromatic heterocycles. The molecule has 2 aromatic rings. The minimum absolute atomic E-state index is 0. The van der Waals surface area contributed by atoms with Gasteiger partial charge in [-0.1, -0.05) is 0 Å². The summed E-state index contributed by atoms with van der Waals surface area (Å²) in [5.41, 5.74) is 8.98. The fraction of sp³-hybridized carbons (Fsp3) is 0.429. The molecule has 1 aromatic carbocycles. The fourth-order valence-corrected chi connectivity index (χ4v) is 10.3. The van der Waals surface area contributed by atoms with Gasteiger partial charge < -0.3 is 24.8 Å². The molecule has 0 fully saturated rings. The van der Waals surface area contributed by atoms with Crippen molar-refractivity contribution in [3.63, 3.8) is 0 Å². The third-order valence-corrected chi connectivity index (χ3v) is 12.9. The van der Waals surface area contributed by atoms with E-state index >= 15 is 0 Å². The van der Waals surface area contributed by atoms with Crippen molar-refractivity contribution in [2.45, 2.75) is 59.7 Å². The van der Waals surface area contributed by atoms with Crippen LogP contribution in [0.25, 0.3) is 10.9 Å². The number of rotatable bonds is 3. The molecule has 1 atom stereocenters. The molecule has 1 N–H and O–H groups in total. The minimum atomic E-state index is -0.831. The van der Waals surface area contributed by atoms with Crippen molar-refractivity contribution in [3.05, 3.63) is 49.9 Å². The standard InChI is InChI=1S/C11H19Si.C10H10N.2ClH.Ti/c1-8-7-11(4,12(5)6)10(3)9(8)2;1-7-4-3-5-9-10(7)8(2)6-11-9;;;/h12H,1-6H3;3-5,11H,1-2H3;2*1H;/q;;;;+2/p-2. The van der Waals surface area contributed by atoms with Crippen LogP contribution in [0.1, 0.15) is 38.8 Å². The Hall–Kier alpha value is -0.249. The van der Waals surface area contributed by atoms with Crippen molar-refractivity contribution in [1.82, 2.24) is 4.98 Å². The maximum atomic E-state index is 3.78. The molecular formula is C21H29Cl2NSiTi. The molecule has 0 saturated heterocycles. The maximum Gasteiger partial charge on any atom is -1.00 e. The van der Waals surface area contributed by atoms with Gasteiger partial charge in [-0.25, -0.2) is 0 Å². The quantitative estimate of drug-likeness (QED) is 0.610. The average molecular weight is 442 g/mol. The van der Waals surface area contributed by atoms with Crippen molar-refractivity contribution >= 4 is 23.7 Å². The van der Waals surface area contributed by atoms with Crippen LogP contribution >= 0.6 is 0 Å². The number of hydrogen-bond acceptors (Lipinski definition) is 0. The molecule has 1 aliphatic rings. The van der Waals surface area contributed by atoms with Crippen LogP contribution in [0, 0.1) is 13.8 Å². The number of halogens is 2. The number of aryl methyl sites for hydroxylation is 2. The van der Waals surface area contributed by atoms with E-state index in [9.17, 15) is 0 Å². The van der Waals surface area contributed by atoms with Crippen molar-refractivity contribution < 1.29 is 44.0 Å². The smallest absolute Gasteiger partial charge is 1.00 e. The van der Waals surface area contributed by atoms with Gasteiger partial charge in [-0.05, 0) is 0 Å². The molecule has 1 unspecified atom stereocenters. The number of H-pyrrole nitrogens is 1. The van der Waals surface area contributed by atoms with Crippen LogP contribution in [-0.4, -0.2) is 13.8 Å². The van der Waals surface area contributed by atoms with Gasteiger partial charge in [0.2, 0.25) is 0 Å². The van der Waals surface area contributed by atoms with Gasteiger partial charge in [0.05, 0.1) is 0 Å². The second-order valence-electron chi connectivity index (χ2n) is 7.85. The number of aromatic amines is 1. The van der Waals surface area contributed by atoms with Gasteiger partial charge in [-0.15, -0.1) is 0 Å². The zero-order valence-corrected chi connectivity index (χ0v) is 21.3. The van der Waals surface area contributed by atoms with Crippen LogP contribution in [0.4, 0.5) is 0 Å². The van der Waals surface area contributed by atoms with Crippen molar-refractivity contribution in [2.24, 2.45) is 0 Å². The monoisotopic (exact) mass is 441 g/mol. The van der Waals surface area contributed by atoms with E-state index < -0.39 is 8.80 Å². The van der Waals surface area contributed by atoms with Gasteiger partial charge in [-0.3, -0.25) is 0 Å². The zero-order chi connectivity index (χ0) is 17.8. The molecule has 5 heteroatoms. The fourth-order valence-electron chi connectivity index (χ4n) is 4.25. The first-order chi connectivity index (χ1) is 11.2. The molecule has 0 aliphatic heterocycles. The molecule has 0 amide bonds. The van der Waals surface area contributed by atoms with Crippen LogP contribution in [0.5, 0.6) is 0 Å². The van der Waals surface area contributed by atoms with E-state index in [1.54, 1.807) is 20.6 Å². The number of hydrogen-bond donors (Lipinski definition) is 1. The Balaban J connectivity index is 0.00000169. The molecule has 1 aliphatic carbocycles. The summed E-state index contributed by atoms with van der Waals surface area (Å²) >= 11 is -0.326. The molecule has 0 spiro atoms. The number of allylic oxidation sites excluding steroid dienone is 4. The summed E-state index contributed by atoms with van der Waals surface area (Å²) in [5, 5.41) is 1.81. The van der Waals surface area contributed by atoms with Crippen LogP contribution in [0.2, 0.25) is 18.1 Å². The molecule has 3 rings (SSSR count). The molecule has 1 nitrogen and oxygen atoms in total. The van der Waals surface area contributed by atoms with E-state index in [2.05, 4.69) is 77.8 Å². The van der Waals surface area contributed by atoms with Gasteiger partial charge >= 0.3 is 157 Å². The Morgan fingerprint density at radius 3 is 2.12 bits per heavy atom. The third kappa shape index (κ3) is 3.44. The normalized spacial score (nSPS) is 19.7. The van der Waals surface area contributed by atoms with E-state index in [1.165, 1.54) is 26.0 Å². The largest absolute Gasteiger partial charge is 1.00 e. The van der Waals surface area contributed by atoms with Crippen molar-refractivity contribution in [2.75, 3.05) is 0 Å². The first-order valence-corrected chi connectivity index (χ1v) is 13.4. The van der Waals surface area contributed by atoms with Crippen LogP contribution in [0.15, 0.2) is 38.8 Å². The molecule has 0 bridgehead atoms. The van der Waals surface area contributed by atoms with Gasteiger partial charge in [0.25, 0.3) is 0 Å². The Bertz CT molecular complexity index is 895. The topological polar surface area (TPSA) is 15.8 Å². The number of nitrogens with one attached hydrogen (secondary N) is 1. The number of aromatic nitrogens is 1. The summed E-state index contributed by atoms with van der Waals surface area (Å²) in [6.07, 6.45) is 0. The Labute approximate surface area is 181 Å². The maximum absolute atomic E-state index is 3.78. The minimum Gasteiger partial charge on any atom is -1.00 e. The van der Waals surface area contributed by atoms with E-state index in [0.717, 1.165) is 0 Å². The summed E-state index contributed by atoms with van der Waals surface area (Å²) in [7, 11) is -0.831. The van der Waals surface area contributed by atoms with Gasteiger partial charge in [0.15, 0.2) is 0 Å². The molecule has 0 saturated carbocycles. The molecule has 1 heterocycles. The first kappa shape index (κ1) is 23.8. The summed E-state index contributed by atoms with van der Waals surface area (Å²) in [6.45, 7) is 19.2. The third-order valence-electron chi connectivity index (χ3n) is 6.49. The SMILES string of the molecule is CC1=C(C)C(C)([SiH](C)C)[C]([Ti+2][c]2[nH]c3cccc(C)c3c2C)=C1C.[Cl-].[Cl-]. The first-order valence-electron chi connectivity index (χ1n) is 8.94. The Morgan fingerprint density at radius 1 is 0.962 bits per heavy atom. The average Bonchev–Trinajstić information content (AvgIpc) is 2.93. The number of fused-ring (bicyclic) bond motifs is 1. The van der Waals surface area contributed by atoms with E-state index in [-0.39, 0.29) is 44.0 Å². The molecule has 26 heavy (non-hydrogen) atoms. The Morgan fingerprint density at radius 2 is 1.58 bits per heavy atom. The summed E-state index contributed by atoms with van der Waals surface area (Å²) in [4.78, 5) is 3.78. The van der Waals surface area contributed by atoms with Gasteiger partial charge in [-0.2, -0.15) is 0 Å². The molecular weight excluding hydrogens is 413 g/mol. The molecule has 0 radical (unpaired) electrons. The van der Waals surface area contributed by atoms with Crippen molar-refractivity contribution in [3.8, 4) is 0 Å². The number of benzene rings is 1. The Kier molecular flexibility index (Phi) is 7.69.